The van der Waals surface area contributed by atoms with E-state index in [1.165, 1.54) is 0 Å². The molecule has 1 heterocycles. The summed E-state index contributed by atoms with van der Waals surface area (Å²) in [6.07, 6.45) is -1.57. The van der Waals surface area contributed by atoms with Crippen LogP contribution in [-0.4, -0.2) is 66.6 Å². The lowest BCUT2D eigenvalue weighted by Gasteiger charge is -2.51. The van der Waals surface area contributed by atoms with Gasteiger partial charge in [0.1, 0.15) is 24.4 Å². The normalized spacial score (nSPS) is 34.5. The van der Waals surface area contributed by atoms with Crippen molar-refractivity contribution >= 4 is 0 Å². The van der Waals surface area contributed by atoms with Crippen molar-refractivity contribution in [3.05, 3.63) is 35.9 Å². The molecule has 1 saturated heterocycles. The van der Waals surface area contributed by atoms with E-state index in [1.54, 1.807) is 35.5 Å². The van der Waals surface area contributed by atoms with E-state index in [2.05, 4.69) is 0 Å². The minimum atomic E-state index is -1.10. The largest absolute Gasteiger partial charge is 0.382 e. The Morgan fingerprint density at radius 1 is 0.913 bits per heavy atom. The SMILES string of the molecule is COC[C@H]1O[C@@](OC)(c2ccccc2)[C@H](OC)[C@@H](OC)[C@@H]1OC. The average Bonchev–Trinajstić information content (AvgIpc) is 2.61. The van der Waals surface area contributed by atoms with E-state index >= 15 is 0 Å². The highest BCUT2D eigenvalue weighted by molar-refractivity contribution is 5.24. The molecule has 1 aromatic carbocycles. The van der Waals surface area contributed by atoms with Crippen LogP contribution in [-0.2, 0) is 34.2 Å². The van der Waals surface area contributed by atoms with Crippen molar-refractivity contribution in [3.8, 4) is 0 Å². The minimum absolute atomic E-state index is 0.336. The van der Waals surface area contributed by atoms with Crippen LogP contribution in [0, 0.1) is 0 Å². The van der Waals surface area contributed by atoms with Crippen LogP contribution in [0.5, 0.6) is 0 Å². The molecule has 1 aromatic rings. The summed E-state index contributed by atoms with van der Waals surface area (Å²) in [5.74, 6) is -1.10. The first-order valence-electron chi connectivity index (χ1n) is 7.54. The van der Waals surface area contributed by atoms with Gasteiger partial charge in [-0.25, -0.2) is 0 Å². The van der Waals surface area contributed by atoms with Crippen LogP contribution < -0.4 is 0 Å². The number of benzene rings is 1. The van der Waals surface area contributed by atoms with E-state index in [-0.39, 0.29) is 18.3 Å². The molecule has 23 heavy (non-hydrogen) atoms. The van der Waals surface area contributed by atoms with Gasteiger partial charge in [0, 0.05) is 41.1 Å². The van der Waals surface area contributed by atoms with Gasteiger partial charge in [-0.2, -0.15) is 0 Å². The van der Waals surface area contributed by atoms with Gasteiger partial charge in [0.15, 0.2) is 0 Å². The van der Waals surface area contributed by atoms with Crippen molar-refractivity contribution in [1.82, 2.24) is 0 Å². The molecule has 0 saturated carbocycles. The van der Waals surface area contributed by atoms with Gasteiger partial charge in [-0.05, 0) is 0 Å². The van der Waals surface area contributed by atoms with Crippen molar-refractivity contribution < 1.29 is 28.4 Å². The Kier molecular flexibility index (Phi) is 6.52. The molecule has 130 valence electrons. The lowest BCUT2D eigenvalue weighted by atomic mass is 9.87. The molecule has 6 heteroatoms. The monoisotopic (exact) mass is 326 g/mol. The summed E-state index contributed by atoms with van der Waals surface area (Å²) in [5.41, 5.74) is 0.854. The topological polar surface area (TPSA) is 55.4 Å². The van der Waals surface area contributed by atoms with Crippen LogP contribution in [0.1, 0.15) is 5.56 Å². The molecule has 1 aliphatic heterocycles. The Morgan fingerprint density at radius 2 is 1.57 bits per heavy atom. The second-order valence-corrected chi connectivity index (χ2v) is 5.41. The summed E-state index contributed by atoms with van der Waals surface area (Å²) >= 11 is 0. The fourth-order valence-corrected chi connectivity index (χ4v) is 3.27. The quantitative estimate of drug-likeness (QED) is 0.758. The minimum Gasteiger partial charge on any atom is -0.382 e. The van der Waals surface area contributed by atoms with Gasteiger partial charge in [0.25, 0.3) is 0 Å². The van der Waals surface area contributed by atoms with Gasteiger partial charge >= 0.3 is 0 Å². The van der Waals surface area contributed by atoms with Crippen LogP contribution in [0.4, 0.5) is 0 Å². The number of rotatable bonds is 7. The molecule has 0 bridgehead atoms. The zero-order valence-corrected chi connectivity index (χ0v) is 14.4. The molecule has 0 radical (unpaired) electrons. The maximum absolute atomic E-state index is 6.31. The maximum atomic E-state index is 6.31. The van der Waals surface area contributed by atoms with Crippen LogP contribution in [0.3, 0.4) is 0 Å². The first kappa shape index (κ1) is 18.3. The molecular formula is C17H26O6. The highest BCUT2D eigenvalue weighted by Crippen LogP contribution is 2.42. The third-order valence-corrected chi connectivity index (χ3v) is 4.30. The molecule has 1 aliphatic rings. The zero-order chi connectivity index (χ0) is 16.9. The van der Waals surface area contributed by atoms with Crippen LogP contribution >= 0.6 is 0 Å². The summed E-state index contributed by atoms with van der Waals surface area (Å²) < 4.78 is 34.4. The molecule has 0 aromatic heterocycles. The van der Waals surface area contributed by atoms with Crippen molar-refractivity contribution in [2.24, 2.45) is 0 Å². The Hall–Kier alpha value is -1.02. The van der Waals surface area contributed by atoms with E-state index in [0.717, 1.165) is 5.56 Å². The van der Waals surface area contributed by atoms with Crippen LogP contribution in [0.25, 0.3) is 0 Å². The number of hydrogen-bond acceptors (Lipinski definition) is 6. The van der Waals surface area contributed by atoms with Gasteiger partial charge in [0.05, 0.1) is 6.61 Å². The lowest BCUT2D eigenvalue weighted by molar-refractivity contribution is -0.374. The van der Waals surface area contributed by atoms with E-state index in [9.17, 15) is 0 Å². The molecular weight excluding hydrogens is 300 g/mol. The predicted molar refractivity (Wildman–Crippen MR) is 84.3 cm³/mol. The summed E-state index contributed by atoms with van der Waals surface area (Å²) in [6.45, 7) is 0.354. The molecule has 0 unspecified atom stereocenters. The maximum Gasteiger partial charge on any atom is 0.225 e. The zero-order valence-electron chi connectivity index (χ0n) is 14.4. The molecule has 2 rings (SSSR count). The second-order valence-electron chi connectivity index (χ2n) is 5.41. The fraction of sp³-hybridized carbons (Fsp3) is 0.647. The van der Waals surface area contributed by atoms with Crippen LogP contribution in [0.15, 0.2) is 30.3 Å². The van der Waals surface area contributed by atoms with Gasteiger partial charge in [-0.3, -0.25) is 0 Å². The summed E-state index contributed by atoms with van der Waals surface area (Å²) in [4.78, 5) is 0. The molecule has 5 atom stereocenters. The molecule has 0 aliphatic carbocycles. The fourth-order valence-electron chi connectivity index (χ4n) is 3.27. The van der Waals surface area contributed by atoms with E-state index in [0.29, 0.717) is 6.61 Å². The highest BCUT2D eigenvalue weighted by Gasteiger charge is 2.57. The number of methoxy groups -OCH3 is 5. The number of ether oxygens (including phenoxy) is 6. The van der Waals surface area contributed by atoms with E-state index in [1.807, 2.05) is 30.3 Å². The van der Waals surface area contributed by atoms with Crippen molar-refractivity contribution in [3.63, 3.8) is 0 Å². The average molecular weight is 326 g/mol. The Balaban J connectivity index is 2.50. The third kappa shape index (κ3) is 3.28. The van der Waals surface area contributed by atoms with Gasteiger partial charge in [-0.1, -0.05) is 30.3 Å². The first-order chi connectivity index (χ1) is 11.2. The predicted octanol–water partition coefficient (Wildman–Crippen LogP) is 1.58. The standard InChI is InChI=1S/C17H26O6/c1-18-11-13-14(19-2)15(20-3)16(21-4)17(22-5,23-13)12-9-7-6-8-10-12/h6-10,13-16H,11H2,1-5H3/t13-,14-,15+,16-,17+/m1/s1. The Morgan fingerprint density at radius 3 is 2.04 bits per heavy atom. The highest BCUT2D eigenvalue weighted by atomic mass is 16.7. The molecule has 0 N–H and O–H groups in total. The van der Waals surface area contributed by atoms with Crippen molar-refractivity contribution in [2.75, 3.05) is 42.2 Å². The molecule has 0 spiro atoms. The number of hydrogen-bond donors (Lipinski definition) is 0. The van der Waals surface area contributed by atoms with Crippen molar-refractivity contribution in [2.45, 2.75) is 30.2 Å². The first-order valence-corrected chi connectivity index (χ1v) is 7.54. The lowest BCUT2D eigenvalue weighted by Crippen LogP contribution is -2.65. The van der Waals surface area contributed by atoms with Gasteiger partial charge in [-0.15, -0.1) is 0 Å². The van der Waals surface area contributed by atoms with Crippen molar-refractivity contribution in [1.29, 1.82) is 0 Å². The summed E-state index contributed by atoms with van der Waals surface area (Å²) in [5, 5.41) is 0. The third-order valence-electron chi connectivity index (χ3n) is 4.30. The molecule has 0 amide bonds. The summed E-state index contributed by atoms with van der Waals surface area (Å²) in [7, 11) is 8.08. The Bertz CT molecular complexity index is 467. The molecule has 1 fully saturated rings. The van der Waals surface area contributed by atoms with Crippen LogP contribution in [0.2, 0.25) is 0 Å². The smallest absolute Gasteiger partial charge is 0.225 e. The Labute approximate surface area is 137 Å². The van der Waals surface area contributed by atoms with Gasteiger partial charge in [0.2, 0.25) is 5.79 Å². The van der Waals surface area contributed by atoms with E-state index in [4.69, 9.17) is 28.4 Å². The summed E-state index contributed by atoms with van der Waals surface area (Å²) in [6, 6.07) is 9.69. The molecule has 6 nitrogen and oxygen atoms in total. The second kappa shape index (κ2) is 8.19. The van der Waals surface area contributed by atoms with Gasteiger partial charge < -0.3 is 28.4 Å². The van der Waals surface area contributed by atoms with E-state index < -0.39 is 11.9 Å².